The number of carbonyl (C=O) groups excluding carboxylic acids is 4. The summed E-state index contributed by atoms with van der Waals surface area (Å²) < 4.78 is 39.6. The zero-order chi connectivity index (χ0) is 35.7. The Balaban J connectivity index is 1.23. The Morgan fingerprint density at radius 2 is 1.50 bits per heavy atom. The van der Waals surface area contributed by atoms with Gasteiger partial charge in [0.05, 0.1) is 6.04 Å². The maximum absolute atomic E-state index is 13.7. The lowest BCUT2D eigenvalue weighted by Gasteiger charge is -2.35. The van der Waals surface area contributed by atoms with E-state index in [9.17, 15) is 32.3 Å². The van der Waals surface area contributed by atoms with Gasteiger partial charge in [0.1, 0.15) is 18.0 Å². The molecule has 1 heterocycles. The number of amides is 4. The maximum Gasteiger partial charge on any atom is 0.405 e. The van der Waals surface area contributed by atoms with Crippen LogP contribution in [-0.4, -0.2) is 66.4 Å². The van der Waals surface area contributed by atoms with Gasteiger partial charge < -0.3 is 21.7 Å². The molecule has 2 atom stereocenters. The molecule has 0 aromatic heterocycles. The summed E-state index contributed by atoms with van der Waals surface area (Å²) in [5, 5.41) is 7.85. The molecule has 3 aromatic carbocycles. The topological polar surface area (TPSA) is 134 Å². The number of nitrogens with zero attached hydrogens (tertiary/aromatic N) is 1. The Morgan fingerprint density at radius 1 is 0.860 bits per heavy atom. The summed E-state index contributed by atoms with van der Waals surface area (Å²) in [6, 6.07) is 22.9. The lowest BCUT2D eigenvalue weighted by molar-refractivity contribution is -0.141. The van der Waals surface area contributed by atoms with Gasteiger partial charge in [-0.2, -0.15) is 13.2 Å². The van der Waals surface area contributed by atoms with E-state index in [1.807, 2.05) is 54.6 Å². The van der Waals surface area contributed by atoms with Crippen molar-refractivity contribution in [3.8, 4) is 11.1 Å². The SMILES string of the molecule is NC(=O)CC[C@@H](NC(=O)C1CCCCN1Cc1ccccc1)C(=O)NCCCCC1(C(=O)NCC(F)(F)F)c2ccccc2-c2ccccc21. The van der Waals surface area contributed by atoms with E-state index in [0.717, 1.165) is 36.1 Å². The van der Waals surface area contributed by atoms with Crippen molar-refractivity contribution in [1.29, 1.82) is 0 Å². The summed E-state index contributed by atoms with van der Waals surface area (Å²) in [5.74, 6) is -2.06. The van der Waals surface area contributed by atoms with Gasteiger partial charge >= 0.3 is 6.18 Å². The molecular formula is C38H44F3N5O4. The first-order valence-electron chi connectivity index (χ1n) is 17.2. The quantitative estimate of drug-likeness (QED) is 0.171. The minimum atomic E-state index is -4.57. The van der Waals surface area contributed by atoms with Crippen LogP contribution in [0.1, 0.15) is 68.1 Å². The molecule has 0 saturated carbocycles. The molecule has 1 unspecified atom stereocenters. The summed E-state index contributed by atoms with van der Waals surface area (Å²) in [6.45, 7) is 0.0870. The van der Waals surface area contributed by atoms with Crippen LogP contribution in [0, 0.1) is 0 Å². The van der Waals surface area contributed by atoms with Crippen molar-refractivity contribution in [1.82, 2.24) is 20.9 Å². The number of alkyl halides is 3. The third kappa shape index (κ3) is 8.71. The Kier molecular flexibility index (Phi) is 11.9. The predicted molar refractivity (Wildman–Crippen MR) is 183 cm³/mol. The summed E-state index contributed by atoms with van der Waals surface area (Å²) in [6.07, 6.45) is -1.12. The molecule has 12 heteroatoms. The highest BCUT2D eigenvalue weighted by atomic mass is 19.4. The minimum absolute atomic E-state index is 0.0361. The number of carbonyl (C=O) groups is 4. The minimum Gasteiger partial charge on any atom is -0.370 e. The van der Waals surface area contributed by atoms with Crippen molar-refractivity contribution in [2.24, 2.45) is 5.73 Å². The number of likely N-dealkylation sites (tertiary alicyclic amines) is 1. The van der Waals surface area contributed by atoms with Crippen LogP contribution < -0.4 is 21.7 Å². The zero-order valence-corrected chi connectivity index (χ0v) is 27.9. The maximum atomic E-state index is 13.7. The Hall–Kier alpha value is -4.71. The first-order chi connectivity index (χ1) is 24.0. The van der Waals surface area contributed by atoms with Gasteiger partial charge in [0.2, 0.25) is 23.6 Å². The van der Waals surface area contributed by atoms with E-state index < -0.39 is 47.9 Å². The second kappa shape index (κ2) is 16.3. The molecule has 0 radical (unpaired) electrons. The normalized spacial score (nSPS) is 17.2. The molecule has 1 saturated heterocycles. The predicted octanol–water partition coefficient (Wildman–Crippen LogP) is 4.72. The highest BCUT2D eigenvalue weighted by molar-refractivity contribution is 6.00. The molecule has 5 N–H and O–H groups in total. The molecule has 0 spiro atoms. The molecule has 0 bridgehead atoms. The third-order valence-corrected chi connectivity index (χ3v) is 9.64. The molecule has 5 rings (SSSR count). The number of nitrogens with two attached hydrogens (primary N) is 1. The fraction of sp³-hybridized carbons (Fsp3) is 0.421. The van der Waals surface area contributed by atoms with Gasteiger partial charge in [-0.15, -0.1) is 0 Å². The van der Waals surface area contributed by atoms with Gasteiger partial charge in [-0.1, -0.05) is 85.3 Å². The summed E-state index contributed by atoms with van der Waals surface area (Å²) in [5.41, 5.74) is 8.01. The lowest BCUT2D eigenvalue weighted by atomic mass is 9.73. The molecule has 1 aliphatic heterocycles. The molecule has 9 nitrogen and oxygen atoms in total. The van der Waals surface area contributed by atoms with Crippen molar-refractivity contribution in [2.75, 3.05) is 19.6 Å². The van der Waals surface area contributed by atoms with E-state index in [1.165, 1.54) is 0 Å². The molecule has 50 heavy (non-hydrogen) atoms. The van der Waals surface area contributed by atoms with Crippen molar-refractivity contribution >= 4 is 23.6 Å². The van der Waals surface area contributed by atoms with E-state index in [2.05, 4.69) is 20.9 Å². The number of nitrogens with one attached hydrogen (secondary N) is 3. The van der Waals surface area contributed by atoms with Crippen LogP contribution >= 0.6 is 0 Å². The standard InChI is InChI=1S/C38H44F3N5O4/c39-38(40,41)25-44-36(50)37(29-16-6-4-14-27(29)28-15-5-7-17-30(28)37)21-9-10-22-43-34(48)31(19-20-33(42)47)45-35(49)32-18-8-11-23-46(32)24-26-12-2-1-3-13-26/h1-7,12-17,31-32H,8-11,18-25H2,(H2,42,47)(H,43,48)(H,44,50)(H,45,49)/t31-,32?/m1/s1. The average molecular weight is 692 g/mol. The number of benzene rings is 3. The molecule has 3 aromatic rings. The van der Waals surface area contributed by atoms with E-state index in [-0.39, 0.29) is 31.7 Å². The Morgan fingerprint density at radius 3 is 2.14 bits per heavy atom. The van der Waals surface area contributed by atoms with Crippen molar-refractivity contribution in [2.45, 2.75) is 81.6 Å². The van der Waals surface area contributed by atoms with Crippen LogP contribution in [-0.2, 0) is 31.1 Å². The second-order valence-electron chi connectivity index (χ2n) is 13.1. The number of piperidine rings is 1. The molecule has 266 valence electrons. The number of halogens is 3. The van der Waals surface area contributed by atoms with Gasteiger partial charge in [0.15, 0.2) is 0 Å². The van der Waals surface area contributed by atoms with Gasteiger partial charge in [0.25, 0.3) is 0 Å². The van der Waals surface area contributed by atoms with Gasteiger partial charge in [-0.3, -0.25) is 24.1 Å². The molecule has 2 aliphatic rings. The molecule has 1 aliphatic carbocycles. The van der Waals surface area contributed by atoms with Crippen LogP contribution in [0.5, 0.6) is 0 Å². The van der Waals surface area contributed by atoms with Crippen LogP contribution in [0.15, 0.2) is 78.9 Å². The van der Waals surface area contributed by atoms with E-state index in [4.69, 9.17) is 5.73 Å². The molecule has 4 amide bonds. The van der Waals surface area contributed by atoms with Gasteiger partial charge in [-0.05, 0) is 72.9 Å². The van der Waals surface area contributed by atoms with Gasteiger partial charge in [0, 0.05) is 19.5 Å². The van der Waals surface area contributed by atoms with Crippen molar-refractivity contribution < 1.29 is 32.3 Å². The first-order valence-corrected chi connectivity index (χ1v) is 17.2. The third-order valence-electron chi connectivity index (χ3n) is 9.64. The van der Waals surface area contributed by atoms with E-state index >= 15 is 0 Å². The Labute approximate surface area is 290 Å². The van der Waals surface area contributed by atoms with E-state index in [0.29, 0.717) is 36.9 Å². The van der Waals surface area contributed by atoms with Crippen LogP contribution in [0.3, 0.4) is 0 Å². The van der Waals surface area contributed by atoms with Crippen LogP contribution in [0.25, 0.3) is 11.1 Å². The zero-order valence-electron chi connectivity index (χ0n) is 27.9. The number of hydrogen-bond acceptors (Lipinski definition) is 5. The van der Waals surface area contributed by atoms with E-state index in [1.54, 1.807) is 24.3 Å². The monoisotopic (exact) mass is 691 g/mol. The highest BCUT2D eigenvalue weighted by Crippen LogP contribution is 2.51. The first kappa shape index (κ1) is 36.6. The second-order valence-corrected chi connectivity index (χ2v) is 13.1. The summed E-state index contributed by atoms with van der Waals surface area (Å²) >= 11 is 0. The van der Waals surface area contributed by atoms with Crippen LogP contribution in [0.4, 0.5) is 13.2 Å². The average Bonchev–Trinajstić information content (AvgIpc) is 3.39. The fourth-order valence-corrected chi connectivity index (χ4v) is 7.25. The fourth-order valence-electron chi connectivity index (χ4n) is 7.25. The Bertz CT molecular complexity index is 1620. The number of unbranched alkanes of at least 4 members (excludes halogenated alkanes) is 1. The van der Waals surface area contributed by atoms with Crippen molar-refractivity contribution in [3.63, 3.8) is 0 Å². The lowest BCUT2D eigenvalue weighted by Crippen LogP contribution is -2.55. The molecule has 1 fully saturated rings. The van der Waals surface area contributed by atoms with Crippen molar-refractivity contribution in [3.05, 3.63) is 95.6 Å². The smallest absolute Gasteiger partial charge is 0.370 e. The summed E-state index contributed by atoms with van der Waals surface area (Å²) in [7, 11) is 0. The number of fused-ring (bicyclic) bond motifs is 3. The van der Waals surface area contributed by atoms with Crippen LogP contribution in [0.2, 0.25) is 0 Å². The largest absolute Gasteiger partial charge is 0.405 e. The number of rotatable bonds is 15. The number of hydrogen-bond donors (Lipinski definition) is 4. The summed E-state index contributed by atoms with van der Waals surface area (Å²) in [4.78, 5) is 54.4. The number of primary amides is 1. The highest BCUT2D eigenvalue weighted by Gasteiger charge is 2.49. The van der Waals surface area contributed by atoms with Gasteiger partial charge in [-0.25, -0.2) is 0 Å². The molecular weight excluding hydrogens is 647 g/mol.